The molecule has 2 saturated heterocycles. The number of aromatic nitrogens is 3. The van der Waals surface area contributed by atoms with Crippen molar-refractivity contribution in [3.05, 3.63) is 35.5 Å². The first-order valence-electron chi connectivity index (χ1n) is 8.86. The van der Waals surface area contributed by atoms with Crippen molar-refractivity contribution in [1.82, 2.24) is 20.0 Å². The lowest BCUT2D eigenvalue weighted by molar-refractivity contribution is 0.0918. The van der Waals surface area contributed by atoms with Crippen LogP contribution in [-0.2, 0) is 11.3 Å². The summed E-state index contributed by atoms with van der Waals surface area (Å²) in [6, 6.07) is 4.33. The van der Waals surface area contributed by atoms with E-state index in [1.807, 2.05) is 26.0 Å². The number of ether oxygens (including phenoxy) is 2. The summed E-state index contributed by atoms with van der Waals surface area (Å²) in [6.45, 7) is 8.15. The summed E-state index contributed by atoms with van der Waals surface area (Å²) in [7, 11) is 0. The van der Waals surface area contributed by atoms with E-state index in [0.717, 1.165) is 49.8 Å². The second-order valence-corrected chi connectivity index (χ2v) is 7.04. The molecule has 4 heterocycles. The van der Waals surface area contributed by atoms with Crippen LogP contribution in [0.25, 0.3) is 0 Å². The Labute approximate surface area is 147 Å². The fourth-order valence-corrected chi connectivity index (χ4v) is 3.82. The van der Waals surface area contributed by atoms with Gasteiger partial charge in [-0.25, -0.2) is 9.97 Å². The third kappa shape index (κ3) is 3.82. The summed E-state index contributed by atoms with van der Waals surface area (Å²) in [6.07, 6.45) is 3.02. The summed E-state index contributed by atoms with van der Waals surface area (Å²) in [4.78, 5) is 10.8. The summed E-state index contributed by atoms with van der Waals surface area (Å²) in [5.41, 5.74) is 1.91. The number of rotatable bonds is 6. The predicted octanol–water partition coefficient (Wildman–Crippen LogP) is 2.00. The van der Waals surface area contributed by atoms with Gasteiger partial charge in [-0.2, -0.15) is 0 Å². The van der Waals surface area contributed by atoms with E-state index in [1.54, 1.807) is 6.20 Å². The molecule has 0 N–H and O–H groups in total. The van der Waals surface area contributed by atoms with E-state index in [0.29, 0.717) is 30.6 Å². The van der Waals surface area contributed by atoms with Crippen LogP contribution in [0.4, 0.5) is 0 Å². The smallest absolute Gasteiger partial charge is 0.316 e. The van der Waals surface area contributed by atoms with Crippen molar-refractivity contribution in [2.24, 2.45) is 11.8 Å². The summed E-state index contributed by atoms with van der Waals surface area (Å²) in [5.74, 6) is 1.95. The van der Waals surface area contributed by atoms with Gasteiger partial charge in [0, 0.05) is 43.5 Å². The Kier molecular flexibility index (Phi) is 4.67. The van der Waals surface area contributed by atoms with Crippen LogP contribution in [-0.4, -0.2) is 52.4 Å². The standard InChI is InChI=1S/C18H24N4O3/c1-12-3-5-19-18(20-12)23-6-4-14-11-24-17-10-22(9-16(14)17)8-15-7-13(2)25-21-15/h3,5,7,14,16-17H,4,6,8-11H2,1-2H3/t14-,16-,17-/m1/s1. The van der Waals surface area contributed by atoms with Crippen LogP contribution in [0.5, 0.6) is 6.01 Å². The maximum atomic E-state index is 6.01. The average molecular weight is 344 g/mol. The fourth-order valence-electron chi connectivity index (χ4n) is 3.82. The molecule has 2 aliphatic rings. The molecule has 0 spiro atoms. The number of fused-ring (bicyclic) bond motifs is 1. The lowest BCUT2D eigenvalue weighted by Crippen LogP contribution is -2.25. The molecule has 7 heteroatoms. The van der Waals surface area contributed by atoms with Gasteiger partial charge in [-0.3, -0.25) is 4.90 Å². The third-order valence-corrected chi connectivity index (χ3v) is 5.07. The van der Waals surface area contributed by atoms with Gasteiger partial charge in [0.2, 0.25) is 0 Å². The molecule has 25 heavy (non-hydrogen) atoms. The molecule has 2 aromatic rings. The van der Waals surface area contributed by atoms with Gasteiger partial charge in [0.05, 0.1) is 25.0 Å². The molecule has 2 fully saturated rings. The van der Waals surface area contributed by atoms with Crippen LogP contribution >= 0.6 is 0 Å². The highest BCUT2D eigenvalue weighted by atomic mass is 16.5. The summed E-state index contributed by atoms with van der Waals surface area (Å²) in [5, 5.41) is 4.09. The number of aryl methyl sites for hydroxylation is 2. The zero-order chi connectivity index (χ0) is 17.2. The van der Waals surface area contributed by atoms with Crippen LogP contribution in [0, 0.1) is 25.7 Å². The zero-order valence-electron chi connectivity index (χ0n) is 14.7. The van der Waals surface area contributed by atoms with Gasteiger partial charge in [0.1, 0.15) is 5.76 Å². The van der Waals surface area contributed by atoms with Gasteiger partial charge in [-0.05, 0) is 32.3 Å². The second-order valence-electron chi connectivity index (χ2n) is 7.04. The summed E-state index contributed by atoms with van der Waals surface area (Å²) < 4.78 is 16.9. The molecule has 2 aliphatic heterocycles. The molecule has 2 aromatic heterocycles. The van der Waals surface area contributed by atoms with Gasteiger partial charge in [-0.15, -0.1) is 0 Å². The van der Waals surface area contributed by atoms with Crippen LogP contribution in [0.3, 0.4) is 0 Å². The van der Waals surface area contributed by atoms with E-state index >= 15 is 0 Å². The van der Waals surface area contributed by atoms with E-state index in [1.165, 1.54) is 0 Å². The monoisotopic (exact) mass is 344 g/mol. The lowest BCUT2D eigenvalue weighted by atomic mass is 9.91. The van der Waals surface area contributed by atoms with Gasteiger partial charge >= 0.3 is 6.01 Å². The van der Waals surface area contributed by atoms with Crippen molar-refractivity contribution in [2.75, 3.05) is 26.3 Å². The highest BCUT2D eigenvalue weighted by molar-refractivity contribution is 5.05. The SMILES string of the molecule is Cc1ccnc(OCC[C@@H]2CO[C@@H]3CN(Cc4cc(C)on4)C[C@H]23)n1. The van der Waals surface area contributed by atoms with E-state index in [-0.39, 0.29) is 0 Å². The number of nitrogens with zero attached hydrogens (tertiary/aromatic N) is 4. The highest BCUT2D eigenvalue weighted by Crippen LogP contribution is 2.36. The second kappa shape index (κ2) is 7.09. The topological polar surface area (TPSA) is 73.5 Å². The number of likely N-dealkylation sites (tertiary alicyclic amines) is 1. The van der Waals surface area contributed by atoms with Crippen molar-refractivity contribution in [3.63, 3.8) is 0 Å². The molecular weight excluding hydrogens is 320 g/mol. The molecular formula is C18H24N4O3. The Morgan fingerprint density at radius 2 is 2.24 bits per heavy atom. The molecule has 0 aromatic carbocycles. The maximum absolute atomic E-state index is 6.01. The molecule has 0 amide bonds. The van der Waals surface area contributed by atoms with Crippen molar-refractivity contribution >= 4 is 0 Å². The van der Waals surface area contributed by atoms with Gasteiger partial charge in [0.25, 0.3) is 0 Å². The minimum absolute atomic E-state index is 0.327. The first-order chi connectivity index (χ1) is 12.2. The van der Waals surface area contributed by atoms with E-state index in [2.05, 4.69) is 20.0 Å². The van der Waals surface area contributed by atoms with E-state index in [4.69, 9.17) is 14.0 Å². The molecule has 7 nitrogen and oxygen atoms in total. The number of hydrogen-bond acceptors (Lipinski definition) is 7. The quantitative estimate of drug-likeness (QED) is 0.793. The van der Waals surface area contributed by atoms with Gasteiger partial charge < -0.3 is 14.0 Å². The van der Waals surface area contributed by atoms with Crippen LogP contribution in [0.1, 0.15) is 23.6 Å². The Morgan fingerprint density at radius 3 is 3.04 bits per heavy atom. The molecule has 0 unspecified atom stereocenters. The Bertz CT molecular complexity index is 720. The first-order valence-corrected chi connectivity index (χ1v) is 8.86. The average Bonchev–Trinajstić information content (AvgIpc) is 3.25. The van der Waals surface area contributed by atoms with Gasteiger partial charge in [-0.1, -0.05) is 5.16 Å². The van der Waals surface area contributed by atoms with Crippen LogP contribution in [0.15, 0.2) is 22.9 Å². The Balaban J connectivity index is 1.27. The third-order valence-electron chi connectivity index (χ3n) is 5.07. The van der Waals surface area contributed by atoms with Crippen LogP contribution < -0.4 is 4.74 Å². The van der Waals surface area contributed by atoms with Crippen molar-refractivity contribution in [1.29, 1.82) is 0 Å². The van der Waals surface area contributed by atoms with E-state index < -0.39 is 0 Å². The largest absolute Gasteiger partial charge is 0.463 e. The van der Waals surface area contributed by atoms with E-state index in [9.17, 15) is 0 Å². The molecule has 0 bridgehead atoms. The van der Waals surface area contributed by atoms with Crippen molar-refractivity contribution in [2.45, 2.75) is 32.9 Å². The minimum Gasteiger partial charge on any atom is -0.463 e. The fraction of sp³-hybridized carbons (Fsp3) is 0.611. The molecule has 0 saturated carbocycles. The Hall–Kier alpha value is -1.99. The molecule has 3 atom stereocenters. The number of hydrogen-bond donors (Lipinski definition) is 0. The summed E-state index contributed by atoms with van der Waals surface area (Å²) >= 11 is 0. The maximum Gasteiger partial charge on any atom is 0.316 e. The van der Waals surface area contributed by atoms with Crippen molar-refractivity contribution < 1.29 is 14.0 Å². The highest BCUT2D eigenvalue weighted by Gasteiger charge is 2.43. The molecule has 134 valence electrons. The molecule has 4 rings (SSSR count). The van der Waals surface area contributed by atoms with Gasteiger partial charge in [0.15, 0.2) is 0 Å². The first kappa shape index (κ1) is 16.5. The Morgan fingerprint density at radius 1 is 1.32 bits per heavy atom. The van der Waals surface area contributed by atoms with Crippen LogP contribution in [0.2, 0.25) is 0 Å². The van der Waals surface area contributed by atoms with Crippen molar-refractivity contribution in [3.8, 4) is 6.01 Å². The minimum atomic E-state index is 0.327. The molecule has 0 radical (unpaired) electrons. The zero-order valence-corrected chi connectivity index (χ0v) is 14.7. The lowest BCUT2D eigenvalue weighted by Gasteiger charge is -2.18. The molecule has 0 aliphatic carbocycles. The predicted molar refractivity (Wildman–Crippen MR) is 90.1 cm³/mol. The normalized spacial score (nSPS) is 26.1.